The predicted molar refractivity (Wildman–Crippen MR) is 89.2 cm³/mol. The van der Waals surface area contributed by atoms with Crippen LogP contribution in [0.3, 0.4) is 0 Å². The number of esters is 1. The van der Waals surface area contributed by atoms with E-state index >= 15 is 0 Å². The molecule has 0 aliphatic carbocycles. The van der Waals surface area contributed by atoms with E-state index in [1.165, 1.54) is 13.2 Å². The molecule has 2 aromatic carbocycles. The first kappa shape index (κ1) is 17.7. The number of rotatable bonds is 5. The average molecular weight is 329 g/mol. The van der Waals surface area contributed by atoms with Gasteiger partial charge in [-0.3, -0.25) is 9.59 Å². The Morgan fingerprint density at radius 1 is 1.12 bits per heavy atom. The van der Waals surface area contributed by atoms with E-state index in [1.807, 2.05) is 31.2 Å². The molecule has 24 heavy (non-hydrogen) atoms. The van der Waals surface area contributed by atoms with Crippen molar-refractivity contribution < 1.29 is 18.7 Å². The standard InChI is InChI=1S/C19H20FNO3/c1-12-4-7-14(8-5-12)17(11-18(22)24-3)21-19(23)15-9-6-13(2)16(20)10-15/h4-10,17H,11H2,1-3H3,(H,21,23). The second-order valence-electron chi connectivity index (χ2n) is 5.68. The molecular weight excluding hydrogens is 309 g/mol. The fraction of sp³-hybridized carbons (Fsp3) is 0.263. The largest absolute Gasteiger partial charge is 0.469 e. The van der Waals surface area contributed by atoms with E-state index in [2.05, 4.69) is 5.32 Å². The summed E-state index contributed by atoms with van der Waals surface area (Å²) in [6.45, 7) is 3.58. The number of hydrogen-bond donors (Lipinski definition) is 1. The molecule has 0 fully saturated rings. The van der Waals surface area contributed by atoms with Gasteiger partial charge in [0.15, 0.2) is 0 Å². The van der Waals surface area contributed by atoms with E-state index in [9.17, 15) is 14.0 Å². The number of amides is 1. The van der Waals surface area contributed by atoms with Crippen molar-refractivity contribution in [2.75, 3.05) is 7.11 Å². The third-order valence-corrected chi connectivity index (χ3v) is 3.82. The number of aryl methyl sites for hydroxylation is 2. The minimum atomic E-state index is -0.546. The molecule has 1 N–H and O–H groups in total. The van der Waals surface area contributed by atoms with Gasteiger partial charge in [-0.15, -0.1) is 0 Å². The van der Waals surface area contributed by atoms with Crippen molar-refractivity contribution in [1.29, 1.82) is 0 Å². The second-order valence-corrected chi connectivity index (χ2v) is 5.68. The maximum Gasteiger partial charge on any atom is 0.307 e. The smallest absolute Gasteiger partial charge is 0.307 e. The normalized spacial score (nSPS) is 11.7. The lowest BCUT2D eigenvalue weighted by Crippen LogP contribution is -2.30. The first-order chi connectivity index (χ1) is 11.4. The summed E-state index contributed by atoms with van der Waals surface area (Å²) in [7, 11) is 1.30. The van der Waals surface area contributed by atoms with Crippen molar-refractivity contribution in [3.05, 3.63) is 70.5 Å². The molecule has 0 heterocycles. The summed E-state index contributed by atoms with van der Waals surface area (Å²) >= 11 is 0. The van der Waals surface area contributed by atoms with Crippen LogP contribution in [0.15, 0.2) is 42.5 Å². The highest BCUT2D eigenvalue weighted by Crippen LogP contribution is 2.19. The van der Waals surface area contributed by atoms with Crippen LogP contribution < -0.4 is 5.32 Å². The molecule has 126 valence electrons. The van der Waals surface area contributed by atoms with Gasteiger partial charge in [0.2, 0.25) is 0 Å². The fourth-order valence-electron chi connectivity index (χ4n) is 2.28. The van der Waals surface area contributed by atoms with E-state index in [0.29, 0.717) is 5.56 Å². The van der Waals surface area contributed by atoms with Crippen molar-refractivity contribution >= 4 is 11.9 Å². The second kappa shape index (κ2) is 7.73. The first-order valence-corrected chi connectivity index (χ1v) is 7.61. The van der Waals surface area contributed by atoms with Crippen LogP contribution in [0, 0.1) is 19.7 Å². The Labute approximate surface area is 140 Å². The Kier molecular flexibility index (Phi) is 5.68. The summed E-state index contributed by atoms with van der Waals surface area (Å²) in [4.78, 5) is 24.0. The number of carbonyl (C=O) groups is 2. The van der Waals surface area contributed by atoms with Crippen molar-refractivity contribution in [3.8, 4) is 0 Å². The first-order valence-electron chi connectivity index (χ1n) is 7.61. The van der Waals surface area contributed by atoms with Crippen LogP contribution in [0.25, 0.3) is 0 Å². The Bertz CT molecular complexity index is 741. The third kappa shape index (κ3) is 4.41. The predicted octanol–water partition coefficient (Wildman–Crippen LogP) is 3.48. The van der Waals surface area contributed by atoms with Gasteiger partial charge in [0.05, 0.1) is 19.6 Å². The Morgan fingerprint density at radius 2 is 1.79 bits per heavy atom. The van der Waals surface area contributed by atoms with Crippen LogP contribution in [-0.4, -0.2) is 19.0 Å². The number of carbonyl (C=O) groups excluding carboxylic acids is 2. The van der Waals surface area contributed by atoms with E-state index in [0.717, 1.165) is 11.1 Å². The number of benzene rings is 2. The van der Waals surface area contributed by atoms with Crippen LogP contribution in [0.1, 0.15) is 39.5 Å². The maximum absolute atomic E-state index is 13.7. The molecule has 0 aliphatic rings. The van der Waals surface area contributed by atoms with Crippen LogP contribution >= 0.6 is 0 Å². The zero-order valence-corrected chi connectivity index (χ0v) is 13.9. The molecule has 1 unspecified atom stereocenters. The lowest BCUT2D eigenvalue weighted by atomic mass is 10.0. The molecule has 0 spiro atoms. The van der Waals surface area contributed by atoms with Crippen molar-refractivity contribution in [2.24, 2.45) is 0 Å². The average Bonchev–Trinajstić information content (AvgIpc) is 2.57. The maximum atomic E-state index is 13.7. The summed E-state index contributed by atoms with van der Waals surface area (Å²) in [5, 5.41) is 2.77. The zero-order valence-electron chi connectivity index (χ0n) is 13.9. The quantitative estimate of drug-likeness (QED) is 0.855. The minimum absolute atomic E-state index is 0.000353. The van der Waals surface area contributed by atoms with Gasteiger partial charge in [0.1, 0.15) is 5.82 Å². The summed E-state index contributed by atoms with van der Waals surface area (Å²) in [6, 6.07) is 11.2. The Hall–Kier alpha value is -2.69. The SMILES string of the molecule is COC(=O)CC(NC(=O)c1ccc(C)c(F)c1)c1ccc(C)cc1. The molecule has 0 aromatic heterocycles. The van der Waals surface area contributed by atoms with Gasteiger partial charge in [-0.05, 0) is 37.1 Å². The van der Waals surface area contributed by atoms with Crippen LogP contribution in [0.5, 0.6) is 0 Å². The Balaban J connectivity index is 2.23. The molecule has 0 radical (unpaired) electrons. The van der Waals surface area contributed by atoms with E-state index < -0.39 is 23.7 Å². The highest BCUT2D eigenvalue weighted by molar-refractivity contribution is 5.94. The van der Waals surface area contributed by atoms with Gasteiger partial charge in [-0.1, -0.05) is 35.9 Å². The number of ether oxygens (including phenoxy) is 1. The van der Waals surface area contributed by atoms with Gasteiger partial charge < -0.3 is 10.1 Å². The molecule has 2 aromatic rings. The molecule has 4 nitrogen and oxygen atoms in total. The summed E-state index contributed by atoms with van der Waals surface area (Å²) in [5.41, 5.74) is 2.53. The van der Waals surface area contributed by atoms with E-state index in [-0.39, 0.29) is 12.0 Å². The molecule has 2 rings (SSSR count). The van der Waals surface area contributed by atoms with Crippen molar-refractivity contribution in [3.63, 3.8) is 0 Å². The van der Waals surface area contributed by atoms with Gasteiger partial charge in [0, 0.05) is 5.56 Å². The molecule has 5 heteroatoms. The molecule has 0 bridgehead atoms. The minimum Gasteiger partial charge on any atom is -0.469 e. The van der Waals surface area contributed by atoms with Gasteiger partial charge in [0.25, 0.3) is 5.91 Å². The topological polar surface area (TPSA) is 55.4 Å². The Morgan fingerprint density at radius 3 is 2.38 bits per heavy atom. The van der Waals surface area contributed by atoms with Crippen LogP contribution in [-0.2, 0) is 9.53 Å². The number of hydrogen-bond acceptors (Lipinski definition) is 3. The van der Waals surface area contributed by atoms with Crippen molar-refractivity contribution in [2.45, 2.75) is 26.3 Å². The summed E-state index contributed by atoms with van der Waals surface area (Å²) in [6.07, 6.45) is -0.000353. The number of nitrogens with one attached hydrogen (secondary N) is 1. The molecule has 0 aliphatic heterocycles. The van der Waals surface area contributed by atoms with Crippen LogP contribution in [0.4, 0.5) is 4.39 Å². The lowest BCUT2D eigenvalue weighted by Gasteiger charge is -2.18. The lowest BCUT2D eigenvalue weighted by molar-refractivity contribution is -0.141. The van der Waals surface area contributed by atoms with E-state index in [1.54, 1.807) is 19.1 Å². The monoisotopic (exact) mass is 329 g/mol. The molecule has 0 saturated heterocycles. The highest BCUT2D eigenvalue weighted by atomic mass is 19.1. The van der Waals surface area contributed by atoms with Crippen molar-refractivity contribution in [1.82, 2.24) is 5.32 Å². The highest BCUT2D eigenvalue weighted by Gasteiger charge is 2.20. The zero-order chi connectivity index (χ0) is 17.7. The fourth-order valence-corrected chi connectivity index (χ4v) is 2.28. The molecule has 1 atom stereocenters. The third-order valence-electron chi connectivity index (χ3n) is 3.82. The molecule has 0 saturated carbocycles. The molecule has 1 amide bonds. The number of halogens is 1. The summed E-state index contributed by atoms with van der Waals surface area (Å²) in [5.74, 6) is -1.32. The van der Waals surface area contributed by atoms with Gasteiger partial charge in [-0.2, -0.15) is 0 Å². The number of methoxy groups -OCH3 is 1. The van der Waals surface area contributed by atoms with Crippen LogP contribution in [0.2, 0.25) is 0 Å². The summed E-state index contributed by atoms with van der Waals surface area (Å²) < 4.78 is 18.4. The molecular formula is C19H20FNO3. The van der Waals surface area contributed by atoms with Gasteiger partial charge >= 0.3 is 5.97 Å². The van der Waals surface area contributed by atoms with E-state index in [4.69, 9.17) is 4.74 Å². The van der Waals surface area contributed by atoms with Gasteiger partial charge in [-0.25, -0.2) is 4.39 Å².